The molecule has 152 valence electrons. The summed E-state index contributed by atoms with van der Waals surface area (Å²) in [6, 6.07) is 21.2. The van der Waals surface area contributed by atoms with Crippen molar-refractivity contribution in [3.8, 4) is 5.75 Å². The van der Waals surface area contributed by atoms with E-state index in [1.54, 1.807) is 0 Å². The molecule has 1 aromatic heterocycles. The first kappa shape index (κ1) is 20.0. The van der Waals surface area contributed by atoms with E-state index in [1.807, 2.05) is 54.7 Å². The maximum atomic E-state index is 13.0. The fraction of sp³-hybridized carbons (Fsp3) is 0.125. The Balaban J connectivity index is 1.51. The summed E-state index contributed by atoms with van der Waals surface area (Å²) in [6.07, 6.45) is 1.96. The van der Waals surface area contributed by atoms with Crippen molar-refractivity contribution < 1.29 is 13.9 Å². The third-order valence-corrected chi connectivity index (χ3v) is 5.31. The van der Waals surface area contributed by atoms with Gasteiger partial charge in [-0.1, -0.05) is 48.0 Å². The molecule has 2 N–H and O–H groups in total. The van der Waals surface area contributed by atoms with Gasteiger partial charge in [-0.25, -0.2) is 4.39 Å². The van der Waals surface area contributed by atoms with E-state index < -0.39 is 0 Å². The minimum absolute atomic E-state index is 0.135. The van der Waals surface area contributed by atoms with E-state index in [1.165, 1.54) is 24.3 Å². The van der Waals surface area contributed by atoms with E-state index >= 15 is 0 Å². The number of carbonyl (C=O) groups excluding carboxylic acids is 1. The van der Waals surface area contributed by atoms with E-state index in [4.69, 9.17) is 16.3 Å². The number of carbonyl (C=O) groups is 1. The molecule has 4 rings (SSSR count). The van der Waals surface area contributed by atoms with Crippen LogP contribution in [-0.2, 0) is 4.79 Å². The van der Waals surface area contributed by atoms with Gasteiger partial charge in [-0.3, -0.25) is 4.79 Å². The van der Waals surface area contributed by atoms with Crippen LogP contribution in [0.1, 0.15) is 17.0 Å². The van der Waals surface area contributed by atoms with E-state index in [9.17, 15) is 9.18 Å². The number of amides is 1. The number of ether oxygens (including phenoxy) is 1. The molecule has 0 aliphatic heterocycles. The first-order valence-corrected chi connectivity index (χ1v) is 9.95. The Kier molecular flexibility index (Phi) is 6.00. The minimum atomic E-state index is -0.354. The van der Waals surface area contributed by atoms with Gasteiger partial charge >= 0.3 is 0 Å². The van der Waals surface area contributed by atoms with Gasteiger partial charge in [0.1, 0.15) is 11.6 Å². The molecule has 0 spiro atoms. The van der Waals surface area contributed by atoms with Crippen LogP contribution < -0.4 is 10.1 Å². The molecule has 0 radical (unpaired) electrons. The number of hydrogen-bond acceptors (Lipinski definition) is 2. The molecule has 0 saturated carbocycles. The number of rotatable bonds is 7. The molecule has 1 unspecified atom stereocenters. The lowest BCUT2D eigenvalue weighted by Gasteiger charge is -2.19. The summed E-state index contributed by atoms with van der Waals surface area (Å²) >= 11 is 6.48. The van der Waals surface area contributed by atoms with Crippen LogP contribution >= 0.6 is 11.6 Å². The lowest BCUT2D eigenvalue weighted by atomic mass is 9.91. The van der Waals surface area contributed by atoms with Crippen molar-refractivity contribution in [3.63, 3.8) is 0 Å². The van der Waals surface area contributed by atoms with E-state index in [2.05, 4.69) is 10.3 Å². The van der Waals surface area contributed by atoms with Gasteiger partial charge in [-0.15, -0.1) is 0 Å². The van der Waals surface area contributed by atoms with Crippen molar-refractivity contribution >= 4 is 28.4 Å². The summed E-state index contributed by atoms with van der Waals surface area (Å²) in [5.41, 5.74) is 3.01. The lowest BCUT2D eigenvalue weighted by molar-refractivity contribution is -0.123. The number of nitrogens with one attached hydrogen (secondary N) is 2. The molecule has 4 aromatic rings. The average molecular weight is 423 g/mol. The van der Waals surface area contributed by atoms with E-state index in [0.29, 0.717) is 17.3 Å². The number of H-pyrrole nitrogens is 1. The van der Waals surface area contributed by atoms with Crippen LogP contribution in [0.2, 0.25) is 5.02 Å². The minimum Gasteiger partial charge on any atom is -0.484 e. The zero-order valence-corrected chi connectivity index (χ0v) is 16.8. The number of halogens is 2. The molecule has 0 saturated heterocycles. The predicted octanol–water partition coefficient (Wildman–Crippen LogP) is 5.29. The van der Waals surface area contributed by atoms with Gasteiger partial charge in [0.05, 0.1) is 0 Å². The molecule has 1 amide bonds. The zero-order valence-electron chi connectivity index (χ0n) is 16.1. The number of para-hydroxylation sites is 1. The Bertz CT molecular complexity index is 1160. The van der Waals surface area contributed by atoms with Crippen molar-refractivity contribution in [2.24, 2.45) is 0 Å². The van der Waals surface area contributed by atoms with E-state index in [-0.39, 0.29) is 24.2 Å². The molecule has 0 aliphatic rings. The second kappa shape index (κ2) is 9.01. The second-order valence-electron chi connectivity index (χ2n) is 6.91. The van der Waals surface area contributed by atoms with Crippen LogP contribution in [0.15, 0.2) is 79.0 Å². The van der Waals surface area contributed by atoms with Gasteiger partial charge < -0.3 is 15.0 Å². The highest BCUT2D eigenvalue weighted by Gasteiger charge is 2.21. The molecule has 0 fully saturated rings. The molecule has 4 nitrogen and oxygen atoms in total. The maximum absolute atomic E-state index is 13.0. The van der Waals surface area contributed by atoms with Crippen LogP contribution in [0.4, 0.5) is 4.39 Å². The van der Waals surface area contributed by atoms with Crippen molar-refractivity contribution in [2.45, 2.75) is 5.92 Å². The fourth-order valence-electron chi connectivity index (χ4n) is 3.47. The Hall–Kier alpha value is -3.31. The number of fused-ring (bicyclic) bond motifs is 1. The van der Waals surface area contributed by atoms with Crippen LogP contribution in [0.25, 0.3) is 10.9 Å². The summed E-state index contributed by atoms with van der Waals surface area (Å²) in [5, 5.41) is 4.66. The van der Waals surface area contributed by atoms with Crippen LogP contribution in [0.5, 0.6) is 5.75 Å². The summed E-state index contributed by atoms with van der Waals surface area (Å²) in [7, 11) is 0. The molecule has 1 heterocycles. The van der Waals surface area contributed by atoms with Crippen LogP contribution in [-0.4, -0.2) is 24.0 Å². The largest absolute Gasteiger partial charge is 0.484 e. The quantitative estimate of drug-likeness (QED) is 0.425. The first-order chi connectivity index (χ1) is 14.6. The SMILES string of the molecule is O=C(COc1ccc(F)cc1)NCC(c1ccccc1Cl)c1c[nH]c2ccccc12. The maximum Gasteiger partial charge on any atom is 0.257 e. The zero-order chi connectivity index (χ0) is 20.9. The molecule has 3 aromatic carbocycles. The average Bonchev–Trinajstić information content (AvgIpc) is 3.19. The highest BCUT2D eigenvalue weighted by atomic mass is 35.5. The highest BCUT2D eigenvalue weighted by Crippen LogP contribution is 2.34. The molecule has 1 atom stereocenters. The lowest BCUT2D eigenvalue weighted by Crippen LogP contribution is -2.32. The molecule has 0 bridgehead atoms. The van der Waals surface area contributed by atoms with E-state index in [0.717, 1.165) is 22.0 Å². The van der Waals surface area contributed by atoms with Crippen molar-refractivity contribution in [1.82, 2.24) is 10.3 Å². The summed E-state index contributed by atoms with van der Waals surface area (Å²) in [6.45, 7) is 0.200. The Morgan fingerprint density at radius 3 is 2.53 bits per heavy atom. The fourth-order valence-corrected chi connectivity index (χ4v) is 3.74. The van der Waals surface area contributed by atoms with Crippen molar-refractivity contribution in [1.29, 1.82) is 0 Å². The Morgan fingerprint density at radius 2 is 1.73 bits per heavy atom. The topological polar surface area (TPSA) is 54.1 Å². The van der Waals surface area contributed by atoms with Crippen molar-refractivity contribution in [2.75, 3.05) is 13.2 Å². The second-order valence-corrected chi connectivity index (χ2v) is 7.32. The monoisotopic (exact) mass is 422 g/mol. The Labute approximate surface area is 178 Å². The number of aromatic nitrogens is 1. The number of aromatic amines is 1. The summed E-state index contributed by atoms with van der Waals surface area (Å²) in [5.74, 6) is -0.320. The third-order valence-electron chi connectivity index (χ3n) is 4.96. The standard InChI is InChI=1S/C24H20ClFN2O2/c25-22-7-3-1-5-18(22)20(21-13-27-23-8-4-2-6-19(21)23)14-28-24(29)15-30-17-11-9-16(26)10-12-17/h1-13,20,27H,14-15H2,(H,28,29). The Morgan fingerprint density at radius 1 is 1.00 bits per heavy atom. The third kappa shape index (κ3) is 4.47. The molecule has 0 aliphatic carbocycles. The first-order valence-electron chi connectivity index (χ1n) is 9.57. The summed E-state index contributed by atoms with van der Waals surface area (Å²) in [4.78, 5) is 15.7. The number of benzene rings is 3. The van der Waals surface area contributed by atoms with Gasteiger partial charge in [0.15, 0.2) is 6.61 Å². The van der Waals surface area contributed by atoms with Gasteiger partial charge in [0.25, 0.3) is 5.91 Å². The number of hydrogen-bond donors (Lipinski definition) is 2. The molecular formula is C24H20ClFN2O2. The molecule has 30 heavy (non-hydrogen) atoms. The normalized spacial score (nSPS) is 11.9. The van der Waals surface area contributed by atoms with Gasteiger partial charge in [-0.2, -0.15) is 0 Å². The summed E-state index contributed by atoms with van der Waals surface area (Å²) < 4.78 is 18.4. The molecular weight excluding hydrogens is 403 g/mol. The molecule has 6 heteroatoms. The van der Waals surface area contributed by atoms with Gasteiger partial charge in [-0.05, 0) is 47.5 Å². The van der Waals surface area contributed by atoms with Crippen molar-refractivity contribution in [3.05, 3.63) is 101 Å². The highest BCUT2D eigenvalue weighted by molar-refractivity contribution is 6.31. The predicted molar refractivity (Wildman–Crippen MR) is 116 cm³/mol. The van der Waals surface area contributed by atoms with Gasteiger partial charge in [0, 0.05) is 34.6 Å². The van der Waals surface area contributed by atoms with Crippen LogP contribution in [0, 0.1) is 5.82 Å². The van der Waals surface area contributed by atoms with Crippen LogP contribution in [0.3, 0.4) is 0 Å². The smallest absolute Gasteiger partial charge is 0.257 e. The van der Waals surface area contributed by atoms with Gasteiger partial charge in [0.2, 0.25) is 0 Å².